The number of thiazole rings is 1. The molecule has 0 fully saturated rings. The molecule has 0 atom stereocenters. The summed E-state index contributed by atoms with van der Waals surface area (Å²) >= 11 is 3.18. The molecule has 1 aliphatic rings. The van der Waals surface area contributed by atoms with E-state index in [0.717, 1.165) is 38.4 Å². The quantitative estimate of drug-likeness (QED) is 0.351. The number of carbonyl (C=O) groups is 1. The molecular weight excluding hydrogens is 478 g/mol. The zero-order chi connectivity index (χ0) is 22.7. The fourth-order valence-corrected chi connectivity index (χ4v) is 6.17. The van der Waals surface area contributed by atoms with Crippen molar-refractivity contribution in [2.75, 3.05) is 11.9 Å². The van der Waals surface area contributed by atoms with Crippen molar-refractivity contribution in [3.63, 3.8) is 0 Å². The van der Waals surface area contributed by atoms with Crippen LogP contribution in [0, 0.1) is 0 Å². The maximum atomic E-state index is 13.2. The average Bonchev–Trinajstić information content (AvgIpc) is 3.28. The Morgan fingerprint density at radius 3 is 2.55 bits per heavy atom. The smallest absolute Gasteiger partial charge is 0.303 e. The number of hydrogen-bond donors (Lipinski definition) is 1. The Morgan fingerprint density at radius 1 is 1.15 bits per heavy atom. The Balaban J connectivity index is 0.00000306. The van der Waals surface area contributed by atoms with Crippen LogP contribution in [0.15, 0.2) is 58.5 Å². The molecule has 0 amide bonds. The number of nitrogens with zero attached hydrogens (tertiary/aromatic N) is 3. The topological polar surface area (TPSA) is 66.4 Å². The molecule has 0 saturated carbocycles. The van der Waals surface area contributed by atoms with Crippen molar-refractivity contribution < 1.29 is 26.9 Å². The van der Waals surface area contributed by atoms with Crippen LogP contribution in [0.3, 0.4) is 0 Å². The molecule has 3 heterocycles. The van der Waals surface area contributed by atoms with Crippen LogP contribution < -0.4 is 36.6 Å². The van der Waals surface area contributed by atoms with Gasteiger partial charge in [-0.2, -0.15) is 0 Å². The third-order valence-electron chi connectivity index (χ3n) is 5.42. The summed E-state index contributed by atoms with van der Waals surface area (Å²) in [6, 6.07) is 12.3. The summed E-state index contributed by atoms with van der Waals surface area (Å²) in [6.07, 6.45) is 7.77. The zero-order valence-corrected chi connectivity index (χ0v) is 20.9. The van der Waals surface area contributed by atoms with Gasteiger partial charge in [-0.15, -0.1) is 11.3 Å². The molecule has 0 radical (unpaired) electrons. The minimum Gasteiger partial charge on any atom is -1.00 e. The van der Waals surface area contributed by atoms with Crippen molar-refractivity contribution in [2.45, 2.75) is 44.2 Å². The molecule has 0 spiro atoms. The fourth-order valence-electron chi connectivity index (χ4n) is 3.70. The number of aromatic nitrogens is 2. The maximum absolute atomic E-state index is 13.2. The van der Waals surface area contributed by atoms with Gasteiger partial charge >= 0.3 is 5.97 Å². The minimum absolute atomic E-state index is 0. The number of pyridine rings is 1. The van der Waals surface area contributed by atoms with Gasteiger partial charge < -0.3 is 22.4 Å². The number of para-hydroxylation sites is 1. The second kappa shape index (κ2) is 11.0. The lowest BCUT2D eigenvalue weighted by molar-refractivity contribution is -0.697. The van der Waals surface area contributed by atoms with E-state index in [2.05, 4.69) is 27.7 Å². The van der Waals surface area contributed by atoms with Crippen LogP contribution >= 0.6 is 23.1 Å². The van der Waals surface area contributed by atoms with E-state index >= 15 is 0 Å². The van der Waals surface area contributed by atoms with Gasteiger partial charge in [0.05, 0.1) is 10.4 Å². The summed E-state index contributed by atoms with van der Waals surface area (Å²) in [4.78, 5) is 27.1. The van der Waals surface area contributed by atoms with Crippen LogP contribution in [0.1, 0.15) is 31.7 Å². The first-order chi connectivity index (χ1) is 15.5. The SMILES string of the molecule is CCn1c(=O)/c(=C2\Sc3ccccc3N2C)s/c1=C/c1cc[n+](CCCCC(=O)O)cc1.[Cl-]. The van der Waals surface area contributed by atoms with Gasteiger partial charge in [0.2, 0.25) is 0 Å². The molecule has 0 saturated heterocycles. The number of benzene rings is 1. The third-order valence-corrected chi connectivity index (χ3v) is 7.91. The number of fused-ring (bicyclic) bond motifs is 1. The first-order valence-corrected chi connectivity index (χ1v) is 12.3. The standard InChI is InChI=1S/C24H25N3O3S2.ClH/c1-3-27-20(16-17-11-14-26(15-12-17)13-7-6-10-21(28)29)32-22(23(27)30)24-25(2)18-8-4-5-9-19(18)31-24;/h4-5,8-9,11-12,14-16H,3,6-7,10,13H2,1-2H3;1H/b24-22+;. The highest BCUT2D eigenvalue weighted by molar-refractivity contribution is 8.08. The number of hydrogen-bond acceptors (Lipinski definition) is 5. The molecular formula is C24H26ClN3O3S2. The summed E-state index contributed by atoms with van der Waals surface area (Å²) < 4.78 is 5.59. The van der Waals surface area contributed by atoms with Crippen molar-refractivity contribution in [3.8, 4) is 0 Å². The number of carboxylic acids is 1. The molecule has 0 aliphatic carbocycles. The van der Waals surface area contributed by atoms with Crippen molar-refractivity contribution in [2.24, 2.45) is 0 Å². The largest absolute Gasteiger partial charge is 1.00 e. The number of thioether (sulfide) groups is 1. The Labute approximate surface area is 206 Å². The molecule has 33 heavy (non-hydrogen) atoms. The predicted molar refractivity (Wildman–Crippen MR) is 129 cm³/mol. The Bertz CT molecular complexity index is 1320. The summed E-state index contributed by atoms with van der Waals surface area (Å²) in [5, 5.41) is 9.72. The normalized spacial score (nSPS) is 14.8. The van der Waals surface area contributed by atoms with Crippen molar-refractivity contribution in [3.05, 3.63) is 73.9 Å². The molecule has 1 aromatic carbocycles. The van der Waals surface area contributed by atoms with Crippen LogP contribution in [0.5, 0.6) is 0 Å². The lowest BCUT2D eigenvalue weighted by atomic mass is 10.2. The third kappa shape index (κ3) is 5.51. The second-order valence-corrected chi connectivity index (χ2v) is 9.68. The number of carboxylic acid groups (broad SMARTS) is 1. The lowest BCUT2D eigenvalue weighted by Crippen LogP contribution is -3.00. The highest BCUT2D eigenvalue weighted by Gasteiger charge is 2.24. The fraction of sp³-hybridized carbons (Fsp3) is 0.292. The average molecular weight is 504 g/mol. The zero-order valence-electron chi connectivity index (χ0n) is 18.5. The molecule has 2 aromatic heterocycles. The number of anilines is 1. The Morgan fingerprint density at radius 2 is 1.88 bits per heavy atom. The maximum Gasteiger partial charge on any atom is 0.303 e. The first-order valence-electron chi connectivity index (χ1n) is 10.6. The van der Waals surface area contributed by atoms with E-state index in [0.29, 0.717) is 13.0 Å². The molecule has 9 heteroatoms. The lowest BCUT2D eigenvalue weighted by Gasteiger charge is -2.11. The van der Waals surface area contributed by atoms with Gasteiger partial charge in [-0.05, 0) is 37.1 Å². The summed E-state index contributed by atoms with van der Waals surface area (Å²) in [5.74, 6) is -0.749. The molecule has 0 unspecified atom stereocenters. The summed E-state index contributed by atoms with van der Waals surface area (Å²) in [5.41, 5.74) is 2.21. The van der Waals surface area contributed by atoms with Crippen LogP contribution in [0.2, 0.25) is 0 Å². The molecule has 1 aliphatic heterocycles. The van der Waals surface area contributed by atoms with E-state index < -0.39 is 5.97 Å². The van der Waals surface area contributed by atoms with Crippen LogP contribution in [-0.2, 0) is 17.9 Å². The van der Waals surface area contributed by atoms with Gasteiger partial charge in [0, 0.05) is 43.5 Å². The molecule has 174 valence electrons. The number of halogens is 1. The van der Waals surface area contributed by atoms with Gasteiger partial charge in [0.25, 0.3) is 5.56 Å². The Hall–Kier alpha value is -2.55. The number of rotatable bonds is 7. The van der Waals surface area contributed by atoms with E-state index in [4.69, 9.17) is 5.11 Å². The van der Waals surface area contributed by atoms with Gasteiger partial charge in [0.1, 0.15) is 16.1 Å². The number of unbranched alkanes of at least 4 members (excludes halogenated alkanes) is 1. The van der Waals surface area contributed by atoms with Crippen molar-refractivity contribution >= 4 is 45.9 Å². The molecule has 4 rings (SSSR count). The van der Waals surface area contributed by atoms with E-state index in [1.807, 2.05) is 55.2 Å². The predicted octanol–water partition coefficient (Wildman–Crippen LogP) is -0.387. The van der Waals surface area contributed by atoms with Gasteiger partial charge in [0.15, 0.2) is 12.4 Å². The summed E-state index contributed by atoms with van der Waals surface area (Å²) in [7, 11) is 2.01. The van der Waals surface area contributed by atoms with Crippen LogP contribution in [0.25, 0.3) is 11.1 Å². The summed E-state index contributed by atoms with van der Waals surface area (Å²) in [6.45, 7) is 3.40. The highest BCUT2D eigenvalue weighted by Crippen LogP contribution is 2.44. The second-order valence-electron chi connectivity index (χ2n) is 7.62. The first kappa shape index (κ1) is 25.1. The van der Waals surface area contributed by atoms with E-state index in [-0.39, 0.29) is 24.4 Å². The van der Waals surface area contributed by atoms with Crippen molar-refractivity contribution in [1.82, 2.24) is 4.57 Å². The number of aliphatic carboxylic acids is 1. The Kier molecular flexibility index (Phi) is 8.40. The van der Waals surface area contributed by atoms with Crippen LogP contribution in [0.4, 0.5) is 5.69 Å². The molecule has 0 bridgehead atoms. The van der Waals surface area contributed by atoms with E-state index in [1.165, 1.54) is 16.2 Å². The molecule has 1 N–H and O–H groups in total. The molecule has 6 nitrogen and oxygen atoms in total. The minimum atomic E-state index is -0.749. The van der Waals surface area contributed by atoms with Gasteiger partial charge in [-0.3, -0.25) is 14.2 Å². The van der Waals surface area contributed by atoms with E-state index in [1.54, 1.807) is 11.8 Å². The highest BCUT2D eigenvalue weighted by atomic mass is 35.5. The van der Waals surface area contributed by atoms with E-state index in [9.17, 15) is 9.59 Å². The van der Waals surface area contributed by atoms with Crippen molar-refractivity contribution in [1.29, 1.82) is 0 Å². The number of aryl methyl sites for hydroxylation is 1. The van der Waals surface area contributed by atoms with Gasteiger partial charge in [-0.25, -0.2) is 4.57 Å². The van der Waals surface area contributed by atoms with Crippen LogP contribution in [-0.4, -0.2) is 22.7 Å². The monoisotopic (exact) mass is 503 g/mol. The van der Waals surface area contributed by atoms with Gasteiger partial charge in [-0.1, -0.05) is 23.9 Å². The molecule has 3 aromatic rings.